The fraction of sp³-hybridized carbons (Fsp3) is 0.238. The number of aryl methyl sites for hydroxylation is 1. The van der Waals surface area contributed by atoms with E-state index in [0.717, 1.165) is 36.2 Å². The van der Waals surface area contributed by atoms with E-state index in [9.17, 15) is 5.11 Å². The summed E-state index contributed by atoms with van der Waals surface area (Å²) in [6, 6.07) is 17.6. The maximum atomic E-state index is 9.96. The predicted molar refractivity (Wildman–Crippen MR) is 114 cm³/mol. The van der Waals surface area contributed by atoms with Crippen molar-refractivity contribution in [3.63, 3.8) is 0 Å². The molecule has 1 unspecified atom stereocenters. The van der Waals surface area contributed by atoms with E-state index in [1.54, 1.807) is 6.07 Å². The lowest BCUT2D eigenvalue weighted by Crippen LogP contribution is -2.02. The predicted octanol–water partition coefficient (Wildman–Crippen LogP) is 6.35. The average molecular weight is 447 g/mol. The van der Waals surface area contributed by atoms with Crippen LogP contribution in [0, 0.1) is 6.92 Å². The van der Waals surface area contributed by atoms with E-state index in [4.69, 9.17) is 11.6 Å². The smallest absolute Gasteiger partial charge is 0.230 e. The van der Waals surface area contributed by atoms with Crippen molar-refractivity contribution in [1.82, 2.24) is 9.97 Å². The first kappa shape index (κ1) is 19.6. The van der Waals surface area contributed by atoms with Crippen LogP contribution in [0.15, 0.2) is 54.6 Å². The van der Waals surface area contributed by atoms with Crippen molar-refractivity contribution in [2.45, 2.75) is 31.0 Å². The molecular formula is C21H21BrClN3O. The van der Waals surface area contributed by atoms with Gasteiger partial charge in [-0.15, -0.1) is 0 Å². The van der Waals surface area contributed by atoms with Gasteiger partial charge >= 0.3 is 0 Å². The maximum Gasteiger partial charge on any atom is 0.230 e. The average Bonchev–Trinajstić information content (AvgIpc) is 2.66. The van der Waals surface area contributed by atoms with Crippen molar-refractivity contribution in [3.05, 3.63) is 76.4 Å². The molecule has 2 N–H and O–H groups in total. The Hall–Kier alpha value is -2.11. The van der Waals surface area contributed by atoms with Gasteiger partial charge < -0.3 is 10.4 Å². The third-order valence-electron chi connectivity index (χ3n) is 4.33. The van der Waals surface area contributed by atoms with Crippen molar-refractivity contribution in [1.29, 1.82) is 0 Å². The molecule has 0 aliphatic carbocycles. The van der Waals surface area contributed by atoms with Gasteiger partial charge in [-0.25, -0.2) is 4.98 Å². The van der Waals surface area contributed by atoms with E-state index >= 15 is 0 Å². The van der Waals surface area contributed by atoms with Crippen LogP contribution in [-0.2, 0) is 6.42 Å². The van der Waals surface area contributed by atoms with E-state index in [2.05, 4.69) is 43.3 Å². The summed E-state index contributed by atoms with van der Waals surface area (Å²) in [4.78, 5) is 8.91. The number of benzene rings is 2. The van der Waals surface area contributed by atoms with E-state index in [1.165, 1.54) is 5.56 Å². The standard InChI is InChI=1S/C21H21BrClN3O/c1-14-18(23)11-6-12-19(14)25-21-24-16(13-20(27)26-21)9-5-10-17(22)15-7-3-2-4-8-15/h2-4,6-8,11-13,17H,5,9-10H2,1H3,(H2,24,25,26,27). The number of rotatable bonds is 7. The first-order valence-corrected chi connectivity index (χ1v) is 10.1. The molecule has 1 aromatic heterocycles. The number of nitrogens with zero attached hydrogens (tertiary/aromatic N) is 2. The van der Waals surface area contributed by atoms with E-state index in [0.29, 0.717) is 15.8 Å². The van der Waals surface area contributed by atoms with Crippen LogP contribution in [-0.4, -0.2) is 15.1 Å². The Morgan fingerprint density at radius 3 is 2.67 bits per heavy atom. The second-order valence-corrected chi connectivity index (χ2v) is 7.86. The molecule has 3 rings (SSSR count). The molecule has 4 nitrogen and oxygen atoms in total. The van der Waals surface area contributed by atoms with Crippen LogP contribution in [0.25, 0.3) is 0 Å². The Morgan fingerprint density at radius 1 is 1.11 bits per heavy atom. The first-order valence-electron chi connectivity index (χ1n) is 8.81. The second-order valence-electron chi connectivity index (χ2n) is 6.35. The molecule has 2 aromatic carbocycles. The normalized spacial score (nSPS) is 12.0. The largest absolute Gasteiger partial charge is 0.493 e. The quantitative estimate of drug-likeness (QED) is 0.415. The Bertz CT molecular complexity index is 905. The highest BCUT2D eigenvalue weighted by Crippen LogP contribution is 2.29. The zero-order valence-corrected chi connectivity index (χ0v) is 17.3. The van der Waals surface area contributed by atoms with Gasteiger partial charge in [0.1, 0.15) is 0 Å². The summed E-state index contributed by atoms with van der Waals surface area (Å²) in [6.45, 7) is 1.92. The van der Waals surface area contributed by atoms with Crippen LogP contribution in [0.2, 0.25) is 5.02 Å². The van der Waals surface area contributed by atoms with Crippen LogP contribution in [0.4, 0.5) is 11.6 Å². The summed E-state index contributed by atoms with van der Waals surface area (Å²) in [6.07, 6.45) is 2.68. The Kier molecular flexibility index (Phi) is 6.69. The maximum absolute atomic E-state index is 9.96. The van der Waals surface area contributed by atoms with E-state index < -0.39 is 0 Å². The van der Waals surface area contributed by atoms with Gasteiger partial charge in [0.2, 0.25) is 11.8 Å². The van der Waals surface area contributed by atoms with Gasteiger partial charge in [-0.2, -0.15) is 4.98 Å². The summed E-state index contributed by atoms with van der Waals surface area (Å²) in [7, 11) is 0. The summed E-state index contributed by atoms with van der Waals surface area (Å²) >= 11 is 9.90. The van der Waals surface area contributed by atoms with Gasteiger partial charge in [0.25, 0.3) is 0 Å². The SMILES string of the molecule is Cc1c(Cl)cccc1Nc1nc(O)cc(CCCC(Br)c2ccccc2)n1. The number of alkyl halides is 1. The third-order valence-corrected chi connectivity index (χ3v) is 5.73. The number of hydrogen-bond acceptors (Lipinski definition) is 4. The molecule has 0 radical (unpaired) electrons. The lowest BCUT2D eigenvalue weighted by molar-refractivity contribution is 0.451. The van der Waals surface area contributed by atoms with Crippen LogP contribution >= 0.6 is 27.5 Å². The van der Waals surface area contributed by atoms with Crippen molar-refractivity contribution in [2.24, 2.45) is 0 Å². The Balaban J connectivity index is 1.64. The summed E-state index contributed by atoms with van der Waals surface area (Å²) in [5, 5.41) is 13.8. The lowest BCUT2D eigenvalue weighted by Gasteiger charge is -2.12. The molecule has 0 amide bonds. The van der Waals surface area contributed by atoms with Crippen molar-refractivity contribution in [2.75, 3.05) is 5.32 Å². The second kappa shape index (κ2) is 9.20. The number of anilines is 2. The fourth-order valence-corrected chi connectivity index (χ4v) is 3.62. The van der Waals surface area contributed by atoms with Crippen LogP contribution < -0.4 is 5.32 Å². The Labute approximate surface area is 172 Å². The summed E-state index contributed by atoms with van der Waals surface area (Å²) in [5.41, 5.74) is 3.81. The zero-order chi connectivity index (χ0) is 19.2. The van der Waals surface area contributed by atoms with Crippen molar-refractivity contribution >= 4 is 39.2 Å². The minimum atomic E-state index is -0.0411. The van der Waals surface area contributed by atoms with Gasteiger partial charge in [0, 0.05) is 27.3 Å². The van der Waals surface area contributed by atoms with E-state index in [-0.39, 0.29) is 5.88 Å². The topological polar surface area (TPSA) is 58.0 Å². The van der Waals surface area contributed by atoms with Gasteiger partial charge in [-0.05, 0) is 49.4 Å². The first-order chi connectivity index (χ1) is 13.0. The third kappa shape index (κ3) is 5.44. The zero-order valence-electron chi connectivity index (χ0n) is 15.0. The number of aromatic hydroxyl groups is 1. The van der Waals surface area contributed by atoms with Gasteiger partial charge in [-0.1, -0.05) is 63.9 Å². The minimum absolute atomic E-state index is 0.0411. The molecule has 6 heteroatoms. The molecule has 0 aliphatic rings. The molecule has 0 spiro atoms. The molecule has 0 saturated heterocycles. The van der Waals surface area contributed by atoms with Gasteiger partial charge in [0.05, 0.1) is 0 Å². The molecule has 27 heavy (non-hydrogen) atoms. The molecule has 0 saturated carbocycles. The van der Waals surface area contributed by atoms with Gasteiger partial charge in [0.15, 0.2) is 0 Å². The lowest BCUT2D eigenvalue weighted by atomic mass is 10.1. The summed E-state index contributed by atoms with van der Waals surface area (Å²) in [5.74, 6) is 0.328. The van der Waals surface area contributed by atoms with E-state index in [1.807, 2.05) is 43.3 Å². The monoisotopic (exact) mass is 445 g/mol. The van der Waals surface area contributed by atoms with Crippen molar-refractivity contribution < 1.29 is 5.11 Å². The molecular weight excluding hydrogens is 426 g/mol. The number of aromatic nitrogens is 2. The molecule has 1 atom stereocenters. The molecule has 0 aliphatic heterocycles. The van der Waals surface area contributed by atoms with Gasteiger partial charge in [-0.3, -0.25) is 0 Å². The Morgan fingerprint density at radius 2 is 1.89 bits per heavy atom. The number of nitrogens with one attached hydrogen (secondary N) is 1. The highest BCUT2D eigenvalue weighted by Gasteiger charge is 2.10. The van der Waals surface area contributed by atoms with Crippen LogP contribution in [0.3, 0.4) is 0 Å². The fourth-order valence-electron chi connectivity index (χ4n) is 2.82. The van der Waals surface area contributed by atoms with Crippen molar-refractivity contribution in [3.8, 4) is 5.88 Å². The van der Waals surface area contributed by atoms with Crippen LogP contribution in [0.5, 0.6) is 5.88 Å². The molecule has 3 aromatic rings. The molecule has 140 valence electrons. The highest BCUT2D eigenvalue weighted by atomic mass is 79.9. The van der Waals surface area contributed by atoms with Crippen LogP contribution in [0.1, 0.15) is 34.5 Å². The molecule has 1 heterocycles. The molecule has 0 bridgehead atoms. The number of halogens is 2. The summed E-state index contributed by atoms with van der Waals surface area (Å²) < 4.78 is 0. The minimum Gasteiger partial charge on any atom is -0.493 e. The number of hydrogen-bond donors (Lipinski definition) is 2. The highest BCUT2D eigenvalue weighted by molar-refractivity contribution is 9.09. The molecule has 0 fully saturated rings.